The first kappa shape index (κ1) is 15.0. The molecule has 0 unspecified atom stereocenters. The normalized spacial score (nSPS) is 10.6. The Labute approximate surface area is 127 Å². The number of rotatable bonds is 6. The molecule has 0 saturated heterocycles. The molecule has 1 N–H and O–H groups in total. The maximum Gasteiger partial charge on any atom is 0.208 e. The van der Waals surface area contributed by atoms with E-state index in [9.17, 15) is 0 Å². The molecule has 0 aliphatic carbocycles. The summed E-state index contributed by atoms with van der Waals surface area (Å²) in [6, 6.07) is 0. The summed E-state index contributed by atoms with van der Waals surface area (Å²) in [5.74, 6) is 0.890. The van der Waals surface area contributed by atoms with Gasteiger partial charge in [-0.2, -0.15) is 0 Å². The summed E-state index contributed by atoms with van der Waals surface area (Å²) in [6.07, 6.45) is 2.65. The molecule has 2 rings (SSSR count). The highest BCUT2D eigenvalue weighted by molar-refractivity contribution is 8.01. The molecule has 2 heterocycles. The monoisotopic (exact) mass is 310 g/mol. The van der Waals surface area contributed by atoms with Gasteiger partial charge in [0.1, 0.15) is 17.2 Å². The summed E-state index contributed by atoms with van der Waals surface area (Å²) in [4.78, 5) is 10.6. The molecule has 2 aromatic rings. The van der Waals surface area contributed by atoms with Crippen molar-refractivity contribution in [1.82, 2.24) is 20.2 Å². The lowest BCUT2D eigenvalue weighted by Crippen LogP contribution is -2.07. The topological polar surface area (TPSA) is 66.8 Å². The molecule has 0 fully saturated rings. The Hall–Kier alpha value is -1.41. The Kier molecular flexibility index (Phi) is 5.13. The van der Waals surface area contributed by atoms with Crippen LogP contribution in [0.2, 0.25) is 0 Å². The Morgan fingerprint density at radius 2 is 2.10 bits per heavy atom. The van der Waals surface area contributed by atoms with Crippen molar-refractivity contribution >= 4 is 34.0 Å². The van der Waals surface area contributed by atoms with Crippen LogP contribution < -0.4 is 10.2 Å². The highest BCUT2D eigenvalue weighted by Crippen LogP contribution is 2.34. The third kappa shape index (κ3) is 3.57. The first-order valence-corrected chi connectivity index (χ1v) is 7.99. The van der Waals surface area contributed by atoms with E-state index in [4.69, 9.17) is 0 Å². The number of aromatic nitrogens is 4. The van der Waals surface area contributed by atoms with Crippen LogP contribution in [0.4, 0.5) is 10.9 Å². The largest absolute Gasteiger partial charge is 0.370 e. The predicted molar refractivity (Wildman–Crippen MR) is 83.9 cm³/mol. The van der Waals surface area contributed by atoms with Gasteiger partial charge in [0.25, 0.3) is 0 Å². The first-order valence-electron chi connectivity index (χ1n) is 6.36. The van der Waals surface area contributed by atoms with Crippen LogP contribution in [0.1, 0.15) is 18.9 Å². The number of nitrogens with one attached hydrogen (secondary N) is 1. The molecule has 8 heteroatoms. The van der Waals surface area contributed by atoms with Crippen LogP contribution in [0.5, 0.6) is 0 Å². The quantitative estimate of drug-likeness (QED) is 0.823. The van der Waals surface area contributed by atoms with Crippen LogP contribution in [-0.4, -0.2) is 40.8 Å². The fraction of sp³-hybridized carbons (Fsp3) is 0.500. The molecule has 0 spiro atoms. The van der Waals surface area contributed by atoms with E-state index >= 15 is 0 Å². The van der Waals surface area contributed by atoms with Gasteiger partial charge in [-0.1, -0.05) is 18.3 Å². The van der Waals surface area contributed by atoms with Crippen molar-refractivity contribution in [2.45, 2.75) is 29.6 Å². The van der Waals surface area contributed by atoms with Gasteiger partial charge in [-0.15, -0.1) is 10.2 Å². The summed E-state index contributed by atoms with van der Waals surface area (Å²) in [5.41, 5.74) is 1.05. The van der Waals surface area contributed by atoms with E-state index < -0.39 is 0 Å². The SMILES string of the molecule is CCCNc1ncnc(Sc2nnc(N(C)C)s2)c1C. The van der Waals surface area contributed by atoms with Gasteiger partial charge in [-0.3, -0.25) is 0 Å². The Balaban J connectivity index is 2.15. The van der Waals surface area contributed by atoms with E-state index in [1.807, 2.05) is 25.9 Å². The van der Waals surface area contributed by atoms with Gasteiger partial charge in [0.2, 0.25) is 5.13 Å². The molecule has 0 aliphatic heterocycles. The number of anilines is 2. The fourth-order valence-corrected chi connectivity index (χ4v) is 3.19. The number of hydrogen-bond donors (Lipinski definition) is 1. The second kappa shape index (κ2) is 6.85. The Morgan fingerprint density at radius 3 is 2.75 bits per heavy atom. The molecule has 0 amide bonds. The molecule has 2 aromatic heterocycles. The molecule has 0 radical (unpaired) electrons. The zero-order chi connectivity index (χ0) is 14.5. The van der Waals surface area contributed by atoms with E-state index in [2.05, 4.69) is 32.4 Å². The lowest BCUT2D eigenvalue weighted by atomic mass is 10.3. The molecule has 6 nitrogen and oxygen atoms in total. The van der Waals surface area contributed by atoms with Gasteiger partial charge >= 0.3 is 0 Å². The lowest BCUT2D eigenvalue weighted by Gasteiger charge is -2.09. The molecule has 0 aliphatic rings. The predicted octanol–water partition coefficient (Wildman–Crippen LogP) is 2.68. The number of nitrogens with zero attached hydrogens (tertiary/aromatic N) is 5. The van der Waals surface area contributed by atoms with Crippen molar-refractivity contribution in [1.29, 1.82) is 0 Å². The summed E-state index contributed by atoms with van der Waals surface area (Å²) in [5, 5.41) is 13.4. The third-order valence-electron chi connectivity index (χ3n) is 2.54. The smallest absolute Gasteiger partial charge is 0.208 e. The van der Waals surface area contributed by atoms with Crippen molar-refractivity contribution in [3.05, 3.63) is 11.9 Å². The van der Waals surface area contributed by atoms with E-state index in [0.717, 1.165) is 38.8 Å². The second-order valence-electron chi connectivity index (χ2n) is 4.43. The molecule has 0 atom stereocenters. The van der Waals surface area contributed by atoms with E-state index in [1.54, 1.807) is 17.7 Å². The van der Waals surface area contributed by atoms with Gasteiger partial charge in [0.15, 0.2) is 4.34 Å². The van der Waals surface area contributed by atoms with Crippen molar-refractivity contribution in [2.75, 3.05) is 30.9 Å². The van der Waals surface area contributed by atoms with Crippen LogP contribution in [0.3, 0.4) is 0 Å². The summed E-state index contributed by atoms with van der Waals surface area (Å²) in [7, 11) is 3.91. The third-order valence-corrected chi connectivity index (χ3v) is 4.79. The van der Waals surface area contributed by atoms with Crippen molar-refractivity contribution in [3.8, 4) is 0 Å². The van der Waals surface area contributed by atoms with Gasteiger partial charge in [0, 0.05) is 26.2 Å². The van der Waals surface area contributed by atoms with Crippen LogP contribution in [0, 0.1) is 6.92 Å². The van der Waals surface area contributed by atoms with Crippen molar-refractivity contribution in [3.63, 3.8) is 0 Å². The standard InChI is InChI=1S/C12H18N6S2/c1-5-6-13-9-8(2)10(15-7-14-9)19-12-17-16-11(20-12)18(3)4/h7H,5-6H2,1-4H3,(H,13,14,15). The van der Waals surface area contributed by atoms with E-state index in [0.29, 0.717) is 0 Å². The average Bonchev–Trinajstić information content (AvgIpc) is 2.88. The van der Waals surface area contributed by atoms with Crippen molar-refractivity contribution in [2.24, 2.45) is 0 Å². The average molecular weight is 310 g/mol. The zero-order valence-corrected chi connectivity index (χ0v) is 13.7. The molecule has 20 heavy (non-hydrogen) atoms. The minimum absolute atomic E-state index is 0.886. The molecular weight excluding hydrogens is 292 g/mol. The minimum Gasteiger partial charge on any atom is -0.370 e. The van der Waals surface area contributed by atoms with Crippen molar-refractivity contribution < 1.29 is 0 Å². The molecule has 0 aromatic carbocycles. The van der Waals surface area contributed by atoms with Crippen LogP contribution in [0.25, 0.3) is 0 Å². The highest BCUT2D eigenvalue weighted by Gasteiger charge is 2.12. The Morgan fingerprint density at radius 1 is 1.30 bits per heavy atom. The van der Waals surface area contributed by atoms with Crippen LogP contribution in [0.15, 0.2) is 15.7 Å². The maximum absolute atomic E-state index is 4.33. The molecule has 0 saturated carbocycles. The lowest BCUT2D eigenvalue weighted by molar-refractivity contribution is 0.935. The summed E-state index contributed by atoms with van der Waals surface area (Å²) >= 11 is 3.08. The fourth-order valence-electron chi connectivity index (χ4n) is 1.47. The van der Waals surface area contributed by atoms with Gasteiger partial charge in [0.05, 0.1) is 0 Å². The number of hydrogen-bond acceptors (Lipinski definition) is 8. The second-order valence-corrected chi connectivity index (χ2v) is 6.62. The Bertz CT molecular complexity index is 569. The van der Waals surface area contributed by atoms with Crippen LogP contribution >= 0.6 is 23.1 Å². The highest BCUT2D eigenvalue weighted by atomic mass is 32.2. The van der Waals surface area contributed by atoms with Gasteiger partial charge in [-0.25, -0.2) is 9.97 Å². The van der Waals surface area contributed by atoms with E-state index in [-0.39, 0.29) is 0 Å². The van der Waals surface area contributed by atoms with Crippen LogP contribution in [-0.2, 0) is 0 Å². The molecule has 0 bridgehead atoms. The molecule has 108 valence electrons. The minimum atomic E-state index is 0.886. The van der Waals surface area contributed by atoms with Gasteiger partial charge in [-0.05, 0) is 25.1 Å². The summed E-state index contributed by atoms with van der Waals surface area (Å²) < 4.78 is 0.886. The maximum atomic E-state index is 4.33. The summed E-state index contributed by atoms with van der Waals surface area (Å²) in [6.45, 7) is 5.06. The first-order chi connectivity index (χ1) is 9.61. The van der Waals surface area contributed by atoms with E-state index in [1.165, 1.54) is 11.8 Å². The molecular formula is C12H18N6S2. The zero-order valence-electron chi connectivity index (χ0n) is 12.0. The van der Waals surface area contributed by atoms with Gasteiger partial charge < -0.3 is 10.2 Å².